The first-order chi connectivity index (χ1) is 29.5. The SMILES string of the molecule is CC\C=C/C=C\C=C/C=C\C=C/CCCCCC(=O)OC(COC(=O)CCCCCCCC/C=C\C/C=C\C/C=C\CC)COC(=O)CCCCCCCCCCCCC. The minimum Gasteiger partial charge on any atom is -0.462 e. The molecule has 6 nitrogen and oxygen atoms in total. The van der Waals surface area contributed by atoms with Crippen LogP contribution >= 0.6 is 0 Å². The van der Waals surface area contributed by atoms with Crippen molar-refractivity contribution < 1.29 is 28.6 Å². The van der Waals surface area contributed by atoms with E-state index in [4.69, 9.17) is 14.2 Å². The Morgan fingerprint density at radius 3 is 1.23 bits per heavy atom. The topological polar surface area (TPSA) is 78.9 Å². The van der Waals surface area contributed by atoms with Crippen molar-refractivity contribution in [2.24, 2.45) is 0 Å². The Bertz CT molecular complexity index is 1230. The number of esters is 3. The summed E-state index contributed by atoms with van der Waals surface area (Å²) in [5, 5.41) is 0. The third-order valence-corrected chi connectivity index (χ3v) is 9.96. The highest BCUT2D eigenvalue weighted by atomic mass is 16.6. The molecule has 0 heterocycles. The summed E-state index contributed by atoms with van der Waals surface area (Å²) < 4.78 is 16.7. The first-order valence-corrected chi connectivity index (χ1v) is 24.3. The van der Waals surface area contributed by atoms with Crippen LogP contribution < -0.4 is 0 Å². The fourth-order valence-electron chi connectivity index (χ4n) is 6.36. The van der Waals surface area contributed by atoms with Gasteiger partial charge in [0.2, 0.25) is 0 Å². The van der Waals surface area contributed by atoms with E-state index in [2.05, 4.69) is 69.4 Å². The van der Waals surface area contributed by atoms with E-state index in [1.807, 2.05) is 48.6 Å². The molecule has 0 saturated heterocycles. The van der Waals surface area contributed by atoms with Gasteiger partial charge in [0.1, 0.15) is 13.2 Å². The van der Waals surface area contributed by atoms with Crippen molar-refractivity contribution in [3.63, 3.8) is 0 Å². The van der Waals surface area contributed by atoms with Gasteiger partial charge in [0, 0.05) is 19.3 Å². The molecule has 0 aromatic rings. The summed E-state index contributed by atoms with van der Waals surface area (Å²) in [5.41, 5.74) is 0. The third kappa shape index (κ3) is 45.4. The molecule has 340 valence electrons. The van der Waals surface area contributed by atoms with Crippen LogP contribution in [0.4, 0.5) is 0 Å². The van der Waals surface area contributed by atoms with Crippen LogP contribution in [0.25, 0.3) is 0 Å². The molecule has 0 fully saturated rings. The first-order valence-electron chi connectivity index (χ1n) is 24.3. The van der Waals surface area contributed by atoms with Crippen molar-refractivity contribution in [1.29, 1.82) is 0 Å². The molecule has 0 N–H and O–H groups in total. The zero-order valence-corrected chi connectivity index (χ0v) is 38.7. The molecule has 0 aliphatic carbocycles. The lowest BCUT2D eigenvalue weighted by Gasteiger charge is -2.18. The summed E-state index contributed by atoms with van der Waals surface area (Å²) in [4.78, 5) is 37.9. The minimum atomic E-state index is -0.803. The Labute approximate surface area is 368 Å². The van der Waals surface area contributed by atoms with Gasteiger partial charge in [-0.1, -0.05) is 214 Å². The van der Waals surface area contributed by atoms with Crippen LogP contribution in [0.2, 0.25) is 0 Å². The van der Waals surface area contributed by atoms with E-state index in [1.165, 1.54) is 64.2 Å². The quantitative estimate of drug-likeness (QED) is 0.0200. The highest BCUT2D eigenvalue weighted by Gasteiger charge is 2.19. The maximum atomic E-state index is 12.7. The largest absolute Gasteiger partial charge is 0.462 e. The van der Waals surface area contributed by atoms with Crippen molar-refractivity contribution in [2.45, 2.75) is 213 Å². The predicted octanol–water partition coefficient (Wildman–Crippen LogP) is 15.8. The van der Waals surface area contributed by atoms with E-state index >= 15 is 0 Å². The smallest absolute Gasteiger partial charge is 0.306 e. The highest BCUT2D eigenvalue weighted by molar-refractivity contribution is 5.71. The lowest BCUT2D eigenvalue weighted by Crippen LogP contribution is -2.30. The number of hydrogen-bond donors (Lipinski definition) is 0. The van der Waals surface area contributed by atoms with Gasteiger partial charge in [-0.25, -0.2) is 0 Å². The van der Waals surface area contributed by atoms with Crippen LogP contribution in [0.1, 0.15) is 207 Å². The van der Waals surface area contributed by atoms with Crippen LogP contribution in [-0.4, -0.2) is 37.2 Å². The van der Waals surface area contributed by atoms with Crippen molar-refractivity contribution >= 4 is 17.9 Å². The first kappa shape index (κ1) is 56.3. The molecule has 0 amide bonds. The lowest BCUT2D eigenvalue weighted by molar-refractivity contribution is -0.167. The Balaban J connectivity index is 4.49. The molecule has 0 rings (SSSR count). The third-order valence-electron chi connectivity index (χ3n) is 9.96. The predicted molar refractivity (Wildman–Crippen MR) is 256 cm³/mol. The molecule has 1 atom stereocenters. The van der Waals surface area contributed by atoms with E-state index in [0.29, 0.717) is 19.3 Å². The lowest BCUT2D eigenvalue weighted by atomic mass is 10.1. The molecule has 1 unspecified atom stereocenters. The van der Waals surface area contributed by atoms with Crippen LogP contribution in [0.5, 0.6) is 0 Å². The molecule has 60 heavy (non-hydrogen) atoms. The number of ether oxygens (including phenoxy) is 3. The number of allylic oxidation sites excluding steroid dienone is 16. The van der Waals surface area contributed by atoms with E-state index < -0.39 is 6.10 Å². The molecule has 0 saturated carbocycles. The van der Waals surface area contributed by atoms with Crippen molar-refractivity contribution in [2.75, 3.05) is 13.2 Å². The van der Waals surface area contributed by atoms with Gasteiger partial charge in [0.25, 0.3) is 0 Å². The summed E-state index contributed by atoms with van der Waals surface area (Å²) in [7, 11) is 0. The summed E-state index contributed by atoms with van der Waals surface area (Å²) in [5.74, 6) is -0.961. The molecule has 0 aromatic heterocycles. The van der Waals surface area contributed by atoms with Crippen LogP contribution in [-0.2, 0) is 28.6 Å². The average Bonchev–Trinajstić information content (AvgIpc) is 3.24. The van der Waals surface area contributed by atoms with Gasteiger partial charge in [0.15, 0.2) is 6.10 Å². The van der Waals surface area contributed by atoms with Crippen LogP contribution in [0.15, 0.2) is 97.2 Å². The fourth-order valence-corrected chi connectivity index (χ4v) is 6.36. The van der Waals surface area contributed by atoms with E-state index in [1.54, 1.807) is 0 Å². The van der Waals surface area contributed by atoms with Gasteiger partial charge in [-0.15, -0.1) is 0 Å². The van der Waals surface area contributed by atoms with Gasteiger partial charge >= 0.3 is 17.9 Å². The molecule has 0 spiro atoms. The average molecular weight is 833 g/mol. The molecule has 6 heteroatoms. The molecule has 0 aliphatic heterocycles. The molecule has 0 radical (unpaired) electrons. The maximum Gasteiger partial charge on any atom is 0.306 e. The summed E-state index contributed by atoms with van der Waals surface area (Å²) >= 11 is 0. The van der Waals surface area contributed by atoms with Crippen LogP contribution in [0.3, 0.4) is 0 Å². The molecular weight excluding hydrogens is 745 g/mol. The number of carbonyl (C=O) groups excluding carboxylic acids is 3. The fraction of sp³-hybridized carbons (Fsp3) is 0.648. The van der Waals surface area contributed by atoms with Gasteiger partial charge in [-0.2, -0.15) is 0 Å². The number of carbonyl (C=O) groups is 3. The number of rotatable bonds is 42. The minimum absolute atomic E-state index is 0.0991. The second-order valence-corrected chi connectivity index (χ2v) is 15.7. The van der Waals surface area contributed by atoms with Gasteiger partial charge in [0.05, 0.1) is 0 Å². The van der Waals surface area contributed by atoms with Crippen LogP contribution in [0, 0.1) is 0 Å². The second-order valence-electron chi connectivity index (χ2n) is 15.7. The summed E-state index contributed by atoms with van der Waals surface area (Å²) in [6.07, 6.45) is 62.4. The molecule has 0 aromatic carbocycles. The standard InChI is InChI=1S/C54H88O6/c1-4-7-10-13-16-19-22-24-26-28-29-32-35-38-41-44-47-53(56)59-50-51(49-58-52(55)46-43-40-37-34-31-21-18-15-12-9-6-3)60-54(57)48-45-42-39-36-33-30-27-25-23-20-17-14-11-8-5-2/h7-8,10-11,14,16-17,19-20,23-27,30,33,51H,4-6,9,12-13,15,18,21-22,28-29,31-32,34-50H2,1-3H3/b10-7-,11-8-,17-14-,19-16-,23-20-,26-24-,27-25-,33-30-. The maximum absolute atomic E-state index is 12.7. The normalized spacial score (nSPS) is 12.9. The van der Waals surface area contributed by atoms with Gasteiger partial charge in [-0.05, 0) is 70.6 Å². The van der Waals surface area contributed by atoms with E-state index in [9.17, 15) is 14.4 Å². The molecular formula is C54H88O6. The number of unbranched alkanes of at least 4 members (excludes halogenated alkanes) is 19. The Morgan fingerprint density at radius 1 is 0.367 bits per heavy atom. The summed E-state index contributed by atoms with van der Waals surface area (Å²) in [6, 6.07) is 0. The van der Waals surface area contributed by atoms with E-state index in [0.717, 1.165) is 96.3 Å². The Morgan fingerprint density at radius 2 is 0.733 bits per heavy atom. The van der Waals surface area contributed by atoms with Crippen molar-refractivity contribution in [3.05, 3.63) is 97.2 Å². The summed E-state index contributed by atoms with van der Waals surface area (Å²) in [6.45, 7) is 6.31. The Hall–Kier alpha value is -3.67. The monoisotopic (exact) mass is 833 g/mol. The molecule has 0 aliphatic rings. The number of hydrogen-bond acceptors (Lipinski definition) is 6. The van der Waals surface area contributed by atoms with Gasteiger partial charge < -0.3 is 14.2 Å². The highest BCUT2D eigenvalue weighted by Crippen LogP contribution is 2.14. The van der Waals surface area contributed by atoms with Crippen molar-refractivity contribution in [3.8, 4) is 0 Å². The zero-order chi connectivity index (χ0) is 43.7. The van der Waals surface area contributed by atoms with Gasteiger partial charge in [-0.3, -0.25) is 14.4 Å². The van der Waals surface area contributed by atoms with Crippen molar-refractivity contribution in [1.82, 2.24) is 0 Å². The second kappa shape index (κ2) is 48.0. The Kier molecular flexibility index (Phi) is 45.1. The zero-order valence-electron chi connectivity index (χ0n) is 38.7. The van der Waals surface area contributed by atoms with E-state index in [-0.39, 0.29) is 37.5 Å². The molecule has 0 bridgehead atoms.